The lowest BCUT2D eigenvalue weighted by atomic mass is 10.5. The summed E-state index contributed by atoms with van der Waals surface area (Å²) in [6, 6.07) is 0. The first-order valence-electron chi connectivity index (χ1n) is 2.86. The van der Waals surface area contributed by atoms with Gasteiger partial charge in [0.15, 0.2) is 0 Å². The number of nitrogens with one attached hydrogen (secondary N) is 2. The molecular formula is C4H7N5O. The van der Waals surface area contributed by atoms with Crippen molar-refractivity contribution in [2.75, 3.05) is 6.54 Å². The molecule has 0 bridgehead atoms. The minimum absolute atomic E-state index is 0.0712. The van der Waals surface area contributed by atoms with Gasteiger partial charge in [-0.3, -0.25) is 4.79 Å². The number of aromatic amines is 1. The molecule has 0 unspecified atom stereocenters. The van der Waals surface area contributed by atoms with Crippen LogP contribution >= 0.6 is 0 Å². The van der Waals surface area contributed by atoms with Gasteiger partial charge in [0.1, 0.15) is 0 Å². The lowest BCUT2D eigenvalue weighted by molar-refractivity contribution is 0.0945. The summed E-state index contributed by atoms with van der Waals surface area (Å²) in [7, 11) is 0. The van der Waals surface area contributed by atoms with Gasteiger partial charge in [-0.1, -0.05) is 0 Å². The van der Waals surface area contributed by atoms with Crippen molar-refractivity contribution in [3.8, 4) is 0 Å². The molecule has 10 heavy (non-hydrogen) atoms. The number of amides is 1. The summed E-state index contributed by atoms with van der Waals surface area (Å²) in [6.07, 6.45) is 0. The zero-order chi connectivity index (χ0) is 7.40. The monoisotopic (exact) mass is 141 g/mol. The maximum atomic E-state index is 10.8. The average Bonchev–Trinajstić information content (AvgIpc) is 2.38. The van der Waals surface area contributed by atoms with Gasteiger partial charge < -0.3 is 5.32 Å². The molecule has 6 heteroatoms. The predicted octanol–water partition coefficient (Wildman–Crippen LogP) is -1.05. The molecule has 0 radical (unpaired) electrons. The van der Waals surface area contributed by atoms with Gasteiger partial charge in [0.25, 0.3) is 11.7 Å². The van der Waals surface area contributed by atoms with Crippen LogP contribution in [0.3, 0.4) is 0 Å². The molecule has 54 valence electrons. The van der Waals surface area contributed by atoms with Crippen molar-refractivity contribution in [3.05, 3.63) is 5.82 Å². The molecule has 0 saturated carbocycles. The van der Waals surface area contributed by atoms with Crippen LogP contribution in [0.1, 0.15) is 17.5 Å². The SMILES string of the molecule is CCNC(=O)c1nn[nH]n1. The van der Waals surface area contributed by atoms with Crippen molar-refractivity contribution < 1.29 is 4.79 Å². The van der Waals surface area contributed by atoms with E-state index in [0.29, 0.717) is 6.54 Å². The van der Waals surface area contributed by atoms with Crippen LogP contribution in [0, 0.1) is 0 Å². The molecule has 1 aromatic heterocycles. The summed E-state index contributed by atoms with van der Waals surface area (Å²) in [4.78, 5) is 10.8. The first kappa shape index (κ1) is 6.66. The van der Waals surface area contributed by atoms with Gasteiger partial charge >= 0.3 is 0 Å². The Morgan fingerprint density at radius 3 is 3.10 bits per heavy atom. The number of nitrogens with zero attached hydrogens (tertiary/aromatic N) is 3. The number of H-pyrrole nitrogens is 1. The second-order valence-electron chi connectivity index (χ2n) is 1.59. The maximum Gasteiger partial charge on any atom is 0.292 e. The highest BCUT2D eigenvalue weighted by Crippen LogP contribution is 1.80. The summed E-state index contributed by atoms with van der Waals surface area (Å²) < 4.78 is 0. The van der Waals surface area contributed by atoms with Gasteiger partial charge in [-0.25, -0.2) is 0 Å². The molecule has 0 aliphatic heterocycles. The van der Waals surface area contributed by atoms with E-state index >= 15 is 0 Å². The fraction of sp³-hybridized carbons (Fsp3) is 0.500. The third-order valence-corrected chi connectivity index (χ3v) is 0.886. The van der Waals surface area contributed by atoms with Crippen LogP contribution in [0.5, 0.6) is 0 Å². The molecule has 6 nitrogen and oxygen atoms in total. The lowest BCUT2D eigenvalue weighted by Gasteiger charge is -1.92. The van der Waals surface area contributed by atoms with Crippen molar-refractivity contribution >= 4 is 5.91 Å². The largest absolute Gasteiger partial charge is 0.349 e. The van der Waals surface area contributed by atoms with E-state index in [4.69, 9.17) is 0 Å². The number of hydrogen-bond donors (Lipinski definition) is 2. The van der Waals surface area contributed by atoms with E-state index < -0.39 is 0 Å². The Kier molecular flexibility index (Phi) is 1.93. The topological polar surface area (TPSA) is 83.6 Å². The van der Waals surface area contributed by atoms with Crippen LogP contribution in [-0.4, -0.2) is 33.1 Å². The summed E-state index contributed by atoms with van der Waals surface area (Å²) in [5.41, 5.74) is 0. The fourth-order valence-corrected chi connectivity index (χ4v) is 0.498. The molecule has 0 aliphatic rings. The van der Waals surface area contributed by atoms with E-state index in [1.165, 1.54) is 0 Å². The van der Waals surface area contributed by atoms with Crippen LogP contribution in [0.4, 0.5) is 0 Å². The molecule has 1 aromatic rings. The first-order valence-corrected chi connectivity index (χ1v) is 2.86. The second kappa shape index (κ2) is 2.90. The van der Waals surface area contributed by atoms with E-state index in [1.807, 2.05) is 6.92 Å². The van der Waals surface area contributed by atoms with Crippen molar-refractivity contribution in [1.82, 2.24) is 25.9 Å². The highest BCUT2D eigenvalue weighted by atomic mass is 16.2. The van der Waals surface area contributed by atoms with Gasteiger partial charge in [-0.2, -0.15) is 5.21 Å². The zero-order valence-electron chi connectivity index (χ0n) is 5.46. The predicted molar refractivity (Wildman–Crippen MR) is 32.2 cm³/mol. The van der Waals surface area contributed by atoms with Gasteiger partial charge in [-0.15, -0.1) is 10.2 Å². The van der Waals surface area contributed by atoms with Crippen molar-refractivity contribution in [1.29, 1.82) is 0 Å². The quantitative estimate of drug-likeness (QED) is 0.550. The molecule has 1 rings (SSSR count). The molecule has 0 spiro atoms. The molecule has 0 fully saturated rings. The van der Waals surface area contributed by atoms with Crippen LogP contribution in [-0.2, 0) is 0 Å². The minimum atomic E-state index is -0.309. The number of rotatable bonds is 2. The molecule has 0 aromatic carbocycles. The molecule has 0 saturated heterocycles. The average molecular weight is 141 g/mol. The Bertz CT molecular complexity index is 205. The van der Waals surface area contributed by atoms with Crippen LogP contribution in [0.25, 0.3) is 0 Å². The normalized spacial score (nSPS) is 9.30. The summed E-state index contributed by atoms with van der Waals surface area (Å²) in [5.74, 6) is -0.238. The highest BCUT2D eigenvalue weighted by Gasteiger charge is 2.07. The van der Waals surface area contributed by atoms with E-state index in [1.54, 1.807) is 0 Å². The van der Waals surface area contributed by atoms with Crippen molar-refractivity contribution in [2.45, 2.75) is 6.92 Å². The number of tetrazole rings is 1. The smallest absolute Gasteiger partial charge is 0.292 e. The third kappa shape index (κ3) is 1.28. The van der Waals surface area contributed by atoms with E-state index in [9.17, 15) is 4.79 Å². The third-order valence-electron chi connectivity index (χ3n) is 0.886. The molecular weight excluding hydrogens is 134 g/mol. The number of hydrogen-bond acceptors (Lipinski definition) is 4. The maximum absolute atomic E-state index is 10.8. The Morgan fingerprint density at radius 1 is 1.80 bits per heavy atom. The zero-order valence-corrected chi connectivity index (χ0v) is 5.46. The van der Waals surface area contributed by atoms with Crippen LogP contribution in [0.15, 0.2) is 0 Å². The Balaban J connectivity index is 2.59. The molecule has 1 amide bonds. The van der Waals surface area contributed by atoms with Gasteiger partial charge in [-0.05, 0) is 12.1 Å². The van der Waals surface area contributed by atoms with Crippen molar-refractivity contribution in [3.63, 3.8) is 0 Å². The summed E-state index contributed by atoms with van der Waals surface area (Å²) in [5, 5.41) is 14.9. The van der Waals surface area contributed by atoms with E-state index in [-0.39, 0.29) is 11.7 Å². The fourth-order valence-electron chi connectivity index (χ4n) is 0.498. The van der Waals surface area contributed by atoms with E-state index in [2.05, 4.69) is 25.9 Å². The Morgan fingerprint density at radius 2 is 2.60 bits per heavy atom. The number of carbonyl (C=O) groups is 1. The van der Waals surface area contributed by atoms with Crippen molar-refractivity contribution in [2.24, 2.45) is 0 Å². The minimum Gasteiger partial charge on any atom is -0.349 e. The standard InChI is InChI=1S/C4H7N5O/c1-2-5-4(10)3-6-8-9-7-3/h2H2,1H3,(H,5,10)(H,6,7,8,9). The van der Waals surface area contributed by atoms with Gasteiger partial charge in [0.05, 0.1) is 0 Å². The highest BCUT2D eigenvalue weighted by molar-refractivity contribution is 5.89. The first-order chi connectivity index (χ1) is 4.84. The Labute approximate surface area is 57.0 Å². The Hall–Kier alpha value is -1.46. The van der Waals surface area contributed by atoms with Crippen LogP contribution in [0.2, 0.25) is 0 Å². The number of carbonyl (C=O) groups excluding carboxylic acids is 1. The number of aromatic nitrogens is 4. The molecule has 1 heterocycles. The molecule has 0 aliphatic carbocycles. The lowest BCUT2D eigenvalue weighted by Crippen LogP contribution is -2.23. The van der Waals surface area contributed by atoms with Gasteiger partial charge in [0, 0.05) is 6.54 Å². The summed E-state index contributed by atoms with van der Waals surface area (Å²) in [6.45, 7) is 2.38. The van der Waals surface area contributed by atoms with E-state index in [0.717, 1.165) is 0 Å². The van der Waals surface area contributed by atoms with Crippen LogP contribution < -0.4 is 5.32 Å². The molecule has 0 atom stereocenters. The van der Waals surface area contributed by atoms with Gasteiger partial charge in [0.2, 0.25) is 0 Å². The summed E-state index contributed by atoms with van der Waals surface area (Å²) >= 11 is 0. The second-order valence-corrected chi connectivity index (χ2v) is 1.59. The molecule has 2 N–H and O–H groups in total.